The molecule has 3 N–H and O–H groups in total. The van der Waals surface area contributed by atoms with Gasteiger partial charge in [-0.3, -0.25) is 0 Å². The van der Waals surface area contributed by atoms with Gasteiger partial charge >= 0.3 is 0 Å². The number of thioether (sulfide) groups is 1. The van der Waals surface area contributed by atoms with E-state index in [2.05, 4.69) is 44.3 Å². The average Bonchev–Trinajstić information content (AvgIpc) is 2.84. The fourth-order valence-electron chi connectivity index (χ4n) is 1.55. The quantitative estimate of drug-likeness (QED) is 0.764. The van der Waals surface area contributed by atoms with Crippen LogP contribution in [-0.2, 0) is 0 Å². The van der Waals surface area contributed by atoms with E-state index in [1.54, 1.807) is 16.7 Å². The molecule has 120 valence electrons. The first-order valence-electron chi connectivity index (χ1n) is 6.80. The molecule has 0 aromatic carbocycles. The van der Waals surface area contributed by atoms with Gasteiger partial charge < -0.3 is 16.0 Å². The van der Waals surface area contributed by atoms with Crippen molar-refractivity contribution < 1.29 is 0 Å². The van der Waals surface area contributed by atoms with Crippen molar-refractivity contribution in [1.29, 1.82) is 0 Å². The summed E-state index contributed by atoms with van der Waals surface area (Å²) >= 11 is 3.07. The second-order valence-corrected chi connectivity index (χ2v) is 7.74. The number of hydrogen-bond acceptors (Lipinski definition) is 10. The van der Waals surface area contributed by atoms with E-state index in [0.717, 1.165) is 9.47 Å². The maximum absolute atomic E-state index is 5.75. The van der Waals surface area contributed by atoms with Crippen molar-refractivity contribution in [2.24, 2.45) is 0 Å². The zero-order valence-electron chi connectivity index (χ0n) is 13.2. The molecule has 0 aliphatic rings. The van der Waals surface area contributed by atoms with Crippen molar-refractivity contribution in [3.05, 3.63) is 5.82 Å². The van der Waals surface area contributed by atoms with Crippen LogP contribution in [0.5, 0.6) is 0 Å². The standard InChI is InChI=1S/C12H20N8S2/c1-6(2)14-11-18-19-12(22-11)21-7(3)8-15-9(13)17-10(16-8)20(4)5/h6-7H,1-5H3,(H,14,18)(H2,13,15,16,17)/t7-/m1/s1. The highest BCUT2D eigenvalue weighted by Crippen LogP contribution is 2.36. The van der Waals surface area contributed by atoms with E-state index >= 15 is 0 Å². The molecule has 10 heteroatoms. The lowest BCUT2D eigenvalue weighted by Gasteiger charge is -2.13. The summed E-state index contributed by atoms with van der Waals surface area (Å²) in [5, 5.41) is 12.3. The summed E-state index contributed by atoms with van der Waals surface area (Å²) in [5.74, 6) is 1.41. The van der Waals surface area contributed by atoms with Crippen LogP contribution in [0.15, 0.2) is 4.34 Å². The third kappa shape index (κ3) is 4.41. The summed E-state index contributed by atoms with van der Waals surface area (Å²) in [4.78, 5) is 14.5. The molecular weight excluding hydrogens is 320 g/mol. The molecule has 0 fully saturated rings. The first-order valence-corrected chi connectivity index (χ1v) is 8.50. The second-order valence-electron chi connectivity index (χ2n) is 5.18. The number of anilines is 3. The van der Waals surface area contributed by atoms with E-state index < -0.39 is 0 Å². The number of aromatic nitrogens is 5. The lowest BCUT2D eigenvalue weighted by atomic mass is 10.4. The van der Waals surface area contributed by atoms with E-state index in [1.165, 1.54) is 11.3 Å². The van der Waals surface area contributed by atoms with Gasteiger partial charge in [-0.05, 0) is 20.8 Å². The Hall–Kier alpha value is -1.68. The highest BCUT2D eigenvalue weighted by atomic mass is 32.2. The Labute approximate surface area is 138 Å². The van der Waals surface area contributed by atoms with Gasteiger partial charge in [0.15, 0.2) is 4.34 Å². The van der Waals surface area contributed by atoms with Gasteiger partial charge in [0.25, 0.3) is 0 Å². The van der Waals surface area contributed by atoms with E-state index in [0.29, 0.717) is 17.8 Å². The lowest BCUT2D eigenvalue weighted by Crippen LogP contribution is -2.16. The molecule has 2 aromatic rings. The zero-order chi connectivity index (χ0) is 16.3. The van der Waals surface area contributed by atoms with Gasteiger partial charge in [-0.2, -0.15) is 15.0 Å². The summed E-state index contributed by atoms with van der Waals surface area (Å²) < 4.78 is 0.862. The smallest absolute Gasteiger partial charge is 0.229 e. The summed E-state index contributed by atoms with van der Waals surface area (Å²) in [6.07, 6.45) is 0. The van der Waals surface area contributed by atoms with Gasteiger partial charge in [0.2, 0.25) is 17.0 Å². The third-order valence-corrected chi connectivity index (χ3v) is 4.55. The van der Waals surface area contributed by atoms with Gasteiger partial charge in [0, 0.05) is 20.1 Å². The average molecular weight is 340 g/mol. The Morgan fingerprint density at radius 3 is 2.50 bits per heavy atom. The SMILES string of the molecule is CC(C)Nc1nnc(S[C@H](C)c2nc(N)nc(N(C)C)n2)s1. The van der Waals surface area contributed by atoms with E-state index in [9.17, 15) is 0 Å². The van der Waals surface area contributed by atoms with Crippen molar-refractivity contribution in [3.8, 4) is 0 Å². The van der Waals surface area contributed by atoms with Crippen LogP contribution in [0.3, 0.4) is 0 Å². The van der Waals surface area contributed by atoms with Crippen LogP contribution in [0.1, 0.15) is 31.8 Å². The Kier molecular flexibility index (Phi) is 5.35. The van der Waals surface area contributed by atoms with Crippen molar-refractivity contribution in [2.45, 2.75) is 36.4 Å². The minimum atomic E-state index is 0.00356. The van der Waals surface area contributed by atoms with E-state index in [4.69, 9.17) is 5.73 Å². The highest BCUT2D eigenvalue weighted by Gasteiger charge is 2.17. The number of rotatable bonds is 6. The Balaban J connectivity index is 2.11. The fraction of sp³-hybridized carbons (Fsp3) is 0.583. The molecule has 0 saturated carbocycles. The number of nitrogen functional groups attached to an aromatic ring is 1. The zero-order valence-corrected chi connectivity index (χ0v) is 14.9. The van der Waals surface area contributed by atoms with Crippen LogP contribution in [-0.4, -0.2) is 45.3 Å². The Morgan fingerprint density at radius 2 is 1.86 bits per heavy atom. The molecule has 0 radical (unpaired) electrons. The number of nitrogens with two attached hydrogens (primary N) is 1. The van der Waals surface area contributed by atoms with Crippen molar-refractivity contribution >= 4 is 40.1 Å². The van der Waals surface area contributed by atoms with Crippen LogP contribution in [0.4, 0.5) is 17.0 Å². The molecule has 0 aliphatic carbocycles. The van der Waals surface area contributed by atoms with Crippen molar-refractivity contribution in [2.75, 3.05) is 30.0 Å². The van der Waals surface area contributed by atoms with Gasteiger partial charge in [0.05, 0.1) is 5.25 Å². The van der Waals surface area contributed by atoms with Gasteiger partial charge in [-0.1, -0.05) is 23.1 Å². The molecule has 2 aromatic heterocycles. The Bertz CT molecular complexity index is 627. The van der Waals surface area contributed by atoms with Crippen LogP contribution in [0.2, 0.25) is 0 Å². The van der Waals surface area contributed by atoms with Crippen LogP contribution < -0.4 is 16.0 Å². The fourth-order valence-corrected chi connectivity index (χ4v) is 3.63. The van der Waals surface area contributed by atoms with Crippen molar-refractivity contribution in [1.82, 2.24) is 25.1 Å². The maximum atomic E-state index is 5.75. The summed E-state index contributed by atoms with van der Waals surface area (Å²) in [7, 11) is 3.73. The minimum Gasteiger partial charge on any atom is -0.368 e. The summed E-state index contributed by atoms with van der Waals surface area (Å²) in [5.41, 5.74) is 5.75. The second kappa shape index (κ2) is 7.05. The van der Waals surface area contributed by atoms with E-state index in [1.807, 2.05) is 21.0 Å². The van der Waals surface area contributed by atoms with Gasteiger partial charge in [-0.15, -0.1) is 10.2 Å². The molecule has 0 bridgehead atoms. The molecule has 0 saturated heterocycles. The minimum absolute atomic E-state index is 0.00356. The first-order chi connectivity index (χ1) is 10.3. The largest absolute Gasteiger partial charge is 0.368 e. The van der Waals surface area contributed by atoms with Crippen molar-refractivity contribution in [3.63, 3.8) is 0 Å². The molecule has 0 unspecified atom stereocenters. The predicted molar refractivity (Wildman–Crippen MR) is 91.5 cm³/mol. The Morgan fingerprint density at radius 1 is 1.14 bits per heavy atom. The monoisotopic (exact) mass is 340 g/mol. The molecular formula is C12H20N8S2. The lowest BCUT2D eigenvalue weighted by molar-refractivity contribution is 0.862. The van der Waals surface area contributed by atoms with Crippen LogP contribution in [0.25, 0.3) is 0 Å². The van der Waals surface area contributed by atoms with E-state index in [-0.39, 0.29) is 11.2 Å². The molecule has 1 atom stereocenters. The number of hydrogen-bond donors (Lipinski definition) is 2. The van der Waals surface area contributed by atoms with Gasteiger partial charge in [0.1, 0.15) is 5.82 Å². The molecule has 8 nitrogen and oxygen atoms in total. The molecule has 0 aliphatic heterocycles. The van der Waals surface area contributed by atoms with Gasteiger partial charge in [-0.25, -0.2) is 0 Å². The molecule has 22 heavy (non-hydrogen) atoms. The molecule has 2 heterocycles. The third-order valence-electron chi connectivity index (χ3n) is 2.52. The molecule has 0 spiro atoms. The summed E-state index contributed by atoms with van der Waals surface area (Å²) in [6, 6.07) is 0.328. The topological polar surface area (TPSA) is 106 Å². The highest BCUT2D eigenvalue weighted by molar-refractivity contribution is 8.01. The summed E-state index contributed by atoms with van der Waals surface area (Å²) in [6.45, 7) is 6.14. The molecule has 0 amide bonds. The van der Waals surface area contributed by atoms with Crippen LogP contribution >= 0.6 is 23.1 Å². The predicted octanol–water partition coefficient (Wildman–Crippen LogP) is 2.04. The molecule has 2 rings (SSSR count). The normalized spacial score (nSPS) is 12.5. The maximum Gasteiger partial charge on any atom is 0.229 e. The number of nitrogens with zero attached hydrogens (tertiary/aromatic N) is 6. The number of nitrogens with one attached hydrogen (secondary N) is 1. The first kappa shape index (κ1) is 16.7. The van der Waals surface area contributed by atoms with Crippen LogP contribution in [0, 0.1) is 0 Å².